The van der Waals surface area contributed by atoms with Crippen LogP contribution in [0, 0.1) is 0 Å². The van der Waals surface area contributed by atoms with Gasteiger partial charge in [0.05, 0.1) is 13.2 Å². The summed E-state index contributed by atoms with van der Waals surface area (Å²) in [7, 11) is 0. The first-order chi connectivity index (χ1) is 10.2. The Morgan fingerprint density at radius 1 is 1.33 bits per heavy atom. The molecule has 1 aromatic heterocycles. The number of hydrogen-bond acceptors (Lipinski definition) is 3. The van der Waals surface area contributed by atoms with Gasteiger partial charge in [0, 0.05) is 17.0 Å². The minimum absolute atomic E-state index is 0.466. The van der Waals surface area contributed by atoms with E-state index in [2.05, 4.69) is 32.2 Å². The molecule has 0 atom stereocenters. The van der Waals surface area contributed by atoms with E-state index < -0.39 is 0 Å². The summed E-state index contributed by atoms with van der Waals surface area (Å²) in [6.07, 6.45) is 3.59. The number of ether oxygens (including phenoxy) is 1. The number of rotatable bonds is 7. The summed E-state index contributed by atoms with van der Waals surface area (Å²) in [4.78, 5) is 0. The molecule has 2 aromatic rings. The molecule has 1 N–H and O–H groups in total. The van der Waals surface area contributed by atoms with E-state index >= 15 is 0 Å². The third-order valence-electron chi connectivity index (χ3n) is 3.90. The number of fused-ring (bicyclic) bond motifs is 1. The summed E-state index contributed by atoms with van der Waals surface area (Å²) in [6.45, 7) is 8.03. The Morgan fingerprint density at radius 3 is 2.81 bits per heavy atom. The lowest BCUT2D eigenvalue weighted by molar-refractivity contribution is 0.318. The van der Waals surface area contributed by atoms with Gasteiger partial charge in [0.1, 0.15) is 17.1 Å². The van der Waals surface area contributed by atoms with Crippen molar-refractivity contribution in [3.63, 3.8) is 0 Å². The maximum Gasteiger partial charge on any atom is 0.134 e. The van der Waals surface area contributed by atoms with Crippen molar-refractivity contribution in [1.29, 1.82) is 0 Å². The zero-order chi connectivity index (χ0) is 14.8. The van der Waals surface area contributed by atoms with Gasteiger partial charge in [-0.15, -0.1) is 0 Å². The van der Waals surface area contributed by atoms with Crippen molar-refractivity contribution in [2.75, 3.05) is 6.61 Å². The quantitative estimate of drug-likeness (QED) is 0.808. The lowest BCUT2D eigenvalue weighted by Gasteiger charge is -2.07. The van der Waals surface area contributed by atoms with Gasteiger partial charge in [-0.05, 0) is 43.4 Å². The molecule has 0 saturated heterocycles. The fourth-order valence-electron chi connectivity index (χ4n) is 2.70. The topological polar surface area (TPSA) is 34.4 Å². The van der Waals surface area contributed by atoms with E-state index in [4.69, 9.17) is 9.15 Å². The van der Waals surface area contributed by atoms with Crippen LogP contribution in [0.2, 0.25) is 0 Å². The van der Waals surface area contributed by atoms with Crippen LogP contribution in [-0.2, 0) is 6.54 Å². The van der Waals surface area contributed by atoms with E-state index in [1.807, 2.05) is 12.1 Å². The van der Waals surface area contributed by atoms with Crippen molar-refractivity contribution in [1.82, 2.24) is 5.32 Å². The van der Waals surface area contributed by atoms with E-state index in [1.54, 1.807) is 0 Å². The first kappa shape index (κ1) is 14.5. The summed E-state index contributed by atoms with van der Waals surface area (Å²) in [6, 6.07) is 6.68. The summed E-state index contributed by atoms with van der Waals surface area (Å²) in [5.74, 6) is 2.74. The molecule has 3 heteroatoms. The minimum Gasteiger partial charge on any atom is -0.494 e. The van der Waals surface area contributed by atoms with E-state index in [1.165, 1.54) is 23.8 Å². The van der Waals surface area contributed by atoms with Crippen LogP contribution in [0.5, 0.6) is 5.75 Å². The van der Waals surface area contributed by atoms with E-state index in [-0.39, 0.29) is 0 Å². The minimum atomic E-state index is 0.466. The van der Waals surface area contributed by atoms with Crippen LogP contribution in [-0.4, -0.2) is 12.6 Å². The molecule has 0 amide bonds. The second kappa shape index (κ2) is 6.10. The molecule has 3 nitrogen and oxygen atoms in total. The Bertz CT molecular complexity index is 611. The van der Waals surface area contributed by atoms with Gasteiger partial charge in [0.15, 0.2) is 0 Å². The SMILES string of the molecule is CCCOc1ccc2oc(CNC(C)C)c(C3CC3)c2c1. The van der Waals surface area contributed by atoms with Gasteiger partial charge in [-0.25, -0.2) is 0 Å². The van der Waals surface area contributed by atoms with Crippen LogP contribution < -0.4 is 10.1 Å². The van der Waals surface area contributed by atoms with Gasteiger partial charge in [-0.3, -0.25) is 0 Å². The highest BCUT2D eigenvalue weighted by Gasteiger charge is 2.30. The van der Waals surface area contributed by atoms with E-state index in [9.17, 15) is 0 Å². The Hall–Kier alpha value is -1.48. The van der Waals surface area contributed by atoms with Crippen molar-refractivity contribution in [3.05, 3.63) is 29.5 Å². The standard InChI is InChI=1S/C18H25NO2/c1-4-9-20-14-7-8-16-15(10-14)18(13-5-6-13)17(21-16)11-19-12(2)3/h7-8,10,12-13,19H,4-6,9,11H2,1-3H3. The van der Waals surface area contributed by atoms with Crippen molar-refractivity contribution in [2.45, 2.75) is 58.5 Å². The molecule has 1 fully saturated rings. The fourth-order valence-corrected chi connectivity index (χ4v) is 2.70. The average Bonchev–Trinajstić information content (AvgIpc) is 3.23. The molecular weight excluding hydrogens is 262 g/mol. The Labute approximate surface area is 126 Å². The summed E-state index contributed by atoms with van der Waals surface area (Å²) >= 11 is 0. The van der Waals surface area contributed by atoms with Crippen molar-refractivity contribution < 1.29 is 9.15 Å². The summed E-state index contributed by atoms with van der Waals surface area (Å²) < 4.78 is 11.9. The third kappa shape index (κ3) is 3.24. The normalized spacial score (nSPS) is 15.0. The summed E-state index contributed by atoms with van der Waals surface area (Å²) in [5, 5.41) is 4.71. The van der Waals surface area contributed by atoms with Gasteiger partial charge in [-0.2, -0.15) is 0 Å². The van der Waals surface area contributed by atoms with E-state index in [0.29, 0.717) is 12.0 Å². The van der Waals surface area contributed by atoms with Crippen molar-refractivity contribution in [3.8, 4) is 5.75 Å². The lowest BCUT2D eigenvalue weighted by Crippen LogP contribution is -2.22. The van der Waals surface area contributed by atoms with Gasteiger partial charge in [-0.1, -0.05) is 20.8 Å². The zero-order valence-corrected chi connectivity index (χ0v) is 13.2. The number of hydrogen-bond donors (Lipinski definition) is 1. The number of furan rings is 1. The maximum absolute atomic E-state index is 6.09. The second-order valence-electron chi connectivity index (χ2n) is 6.26. The number of benzene rings is 1. The highest BCUT2D eigenvalue weighted by atomic mass is 16.5. The Balaban J connectivity index is 1.93. The van der Waals surface area contributed by atoms with Crippen molar-refractivity contribution >= 4 is 11.0 Å². The van der Waals surface area contributed by atoms with Crippen LogP contribution in [0.3, 0.4) is 0 Å². The van der Waals surface area contributed by atoms with Gasteiger partial charge >= 0.3 is 0 Å². The maximum atomic E-state index is 6.09. The lowest BCUT2D eigenvalue weighted by atomic mass is 10.1. The zero-order valence-electron chi connectivity index (χ0n) is 13.2. The van der Waals surface area contributed by atoms with Crippen molar-refractivity contribution in [2.24, 2.45) is 0 Å². The van der Waals surface area contributed by atoms with Crippen LogP contribution >= 0.6 is 0 Å². The second-order valence-corrected chi connectivity index (χ2v) is 6.26. The molecule has 3 rings (SSSR count). The molecule has 1 heterocycles. The Kier molecular flexibility index (Phi) is 4.20. The van der Waals surface area contributed by atoms with Gasteiger partial charge in [0.2, 0.25) is 0 Å². The van der Waals surface area contributed by atoms with Gasteiger partial charge < -0.3 is 14.5 Å². The van der Waals surface area contributed by atoms with Gasteiger partial charge in [0.25, 0.3) is 0 Å². The molecule has 114 valence electrons. The molecule has 0 bridgehead atoms. The Morgan fingerprint density at radius 2 is 2.14 bits per heavy atom. The van der Waals surface area contributed by atoms with Crippen LogP contribution in [0.15, 0.2) is 22.6 Å². The molecule has 0 aliphatic heterocycles. The molecule has 21 heavy (non-hydrogen) atoms. The molecule has 1 aromatic carbocycles. The van der Waals surface area contributed by atoms with Crippen LogP contribution in [0.25, 0.3) is 11.0 Å². The molecule has 0 spiro atoms. The van der Waals surface area contributed by atoms with Crippen LogP contribution in [0.4, 0.5) is 0 Å². The van der Waals surface area contributed by atoms with E-state index in [0.717, 1.165) is 36.7 Å². The summed E-state index contributed by atoms with van der Waals surface area (Å²) in [5.41, 5.74) is 2.39. The highest BCUT2D eigenvalue weighted by Crippen LogP contribution is 2.46. The first-order valence-corrected chi connectivity index (χ1v) is 8.10. The van der Waals surface area contributed by atoms with Crippen LogP contribution in [0.1, 0.15) is 57.3 Å². The molecule has 1 aliphatic rings. The molecule has 1 saturated carbocycles. The largest absolute Gasteiger partial charge is 0.494 e. The smallest absolute Gasteiger partial charge is 0.134 e. The average molecular weight is 287 g/mol. The highest BCUT2D eigenvalue weighted by molar-refractivity contribution is 5.84. The molecule has 0 radical (unpaired) electrons. The molecule has 1 aliphatic carbocycles. The fraction of sp³-hybridized carbons (Fsp3) is 0.556. The third-order valence-corrected chi connectivity index (χ3v) is 3.90. The molecule has 0 unspecified atom stereocenters. The monoisotopic (exact) mass is 287 g/mol. The number of nitrogens with one attached hydrogen (secondary N) is 1. The predicted molar refractivity (Wildman–Crippen MR) is 86.0 cm³/mol. The molecular formula is C18H25NO2. The predicted octanol–water partition coefficient (Wildman–Crippen LogP) is 4.60. The first-order valence-electron chi connectivity index (χ1n) is 8.10.